The Morgan fingerprint density at radius 3 is 2.69 bits per heavy atom. The minimum absolute atomic E-state index is 0.0300. The van der Waals surface area contributed by atoms with Gasteiger partial charge in [0.15, 0.2) is 17.2 Å². The molecule has 0 radical (unpaired) electrons. The summed E-state index contributed by atoms with van der Waals surface area (Å²) in [5, 5.41) is 23.4. The van der Waals surface area contributed by atoms with Gasteiger partial charge in [-0.1, -0.05) is 6.07 Å². The van der Waals surface area contributed by atoms with Crippen LogP contribution >= 0.6 is 0 Å². The number of aromatic nitrogens is 2. The molecule has 1 aliphatic heterocycles. The van der Waals surface area contributed by atoms with Crippen LogP contribution in [-0.4, -0.2) is 53.3 Å². The highest BCUT2D eigenvalue weighted by molar-refractivity contribution is 5.92. The van der Waals surface area contributed by atoms with Crippen molar-refractivity contribution in [2.75, 3.05) is 32.6 Å². The lowest BCUT2D eigenvalue weighted by atomic mass is 10.0. The maximum Gasteiger partial charge on any atom is 0.161 e. The van der Waals surface area contributed by atoms with Gasteiger partial charge in [-0.05, 0) is 56.8 Å². The van der Waals surface area contributed by atoms with Crippen molar-refractivity contribution < 1.29 is 18.7 Å². The molecule has 9 heteroatoms. The minimum Gasteiger partial charge on any atom is -0.452 e. The average Bonchev–Trinajstić information content (AvgIpc) is 3.33. The maximum absolute atomic E-state index is 14.9. The Morgan fingerprint density at radius 1 is 1.17 bits per heavy atom. The summed E-state index contributed by atoms with van der Waals surface area (Å²) in [5.74, 6) is -0.379. The number of hydrogen-bond donors (Lipinski definition) is 2. The Balaban J connectivity index is 1.49. The average molecular weight is 488 g/mol. The quantitative estimate of drug-likeness (QED) is 0.377. The lowest BCUT2D eigenvalue weighted by Gasteiger charge is -2.24. The Hall–Kier alpha value is -3.84. The molecule has 0 bridgehead atoms. The number of nitrogens with zero attached hydrogens (tertiary/aromatic N) is 4. The summed E-state index contributed by atoms with van der Waals surface area (Å²) in [6.45, 7) is 1.42. The van der Waals surface area contributed by atoms with Gasteiger partial charge in [-0.15, -0.1) is 0 Å². The van der Waals surface area contributed by atoms with Crippen LogP contribution in [0.4, 0.5) is 10.1 Å². The zero-order valence-corrected chi connectivity index (χ0v) is 20.0. The van der Waals surface area contributed by atoms with Crippen LogP contribution in [0, 0.1) is 17.1 Å². The van der Waals surface area contributed by atoms with Crippen molar-refractivity contribution >= 4 is 16.8 Å². The molecule has 0 spiro atoms. The second-order valence-corrected chi connectivity index (χ2v) is 9.02. The first kappa shape index (κ1) is 23.9. The van der Waals surface area contributed by atoms with Gasteiger partial charge in [-0.25, -0.2) is 9.37 Å². The van der Waals surface area contributed by atoms with Crippen LogP contribution in [0.1, 0.15) is 30.2 Å². The van der Waals surface area contributed by atoms with E-state index in [0.29, 0.717) is 35.4 Å². The summed E-state index contributed by atoms with van der Waals surface area (Å²) in [5.41, 5.74) is 4.22. The summed E-state index contributed by atoms with van der Waals surface area (Å²) in [7, 11) is 3.38. The number of nitrogens with one attached hydrogen (secondary N) is 1. The van der Waals surface area contributed by atoms with Gasteiger partial charge in [0.1, 0.15) is 23.5 Å². The molecule has 1 aromatic carbocycles. The predicted octanol–water partition coefficient (Wildman–Crippen LogP) is 4.71. The second-order valence-electron chi connectivity index (χ2n) is 9.02. The summed E-state index contributed by atoms with van der Waals surface area (Å²) in [6.07, 6.45) is 3.90. The molecular weight excluding hydrogens is 461 g/mol. The van der Waals surface area contributed by atoms with Crippen LogP contribution < -0.4 is 5.32 Å². The highest BCUT2D eigenvalue weighted by Gasteiger charge is 2.20. The van der Waals surface area contributed by atoms with E-state index in [1.54, 1.807) is 37.3 Å². The lowest BCUT2D eigenvalue weighted by molar-refractivity contribution is 0.0390. The van der Waals surface area contributed by atoms with Gasteiger partial charge in [0, 0.05) is 48.8 Å². The Bertz CT molecular complexity index is 1440. The first-order valence-electron chi connectivity index (χ1n) is 11.7. The third-order valence-corrected chi connectivity index (χ3v) is 6.33. The molecule has 0 saturated carbocycles. The molecule has 1 fully saturated rings. The fraction of sp³-hybridized carbons (Fsp3) is 0.296. The predicted molar refractivity (Wildman–Crippen MR) is 133 cm³/mol. The summed E-state index contributed by atoms with van der Waals surface area (Å²) in [4.78, 5) is 10.1. The molecule has 184 valence electrons. The first-order valence-corrected chi connectivity index (χ1v) is 11.7. The Kier molecular flexibility index (Phi) is 6.65. The monoisotopic (exact) mass is 487 g/mol. The van der Waals surface area contributed by atoms with E-state index in [-0.39, 0.29) is 17.5 Å². The van der Waals surface area contributed by atoms with E-state index in [1.165, 1.54) is 12.3 Å². The van der Waals surface area contributed by atoms with Crippen molar-refractivity contribution in [3.63, 3.8) is 0 Å². The maximum atomic E-state index is 14.9. The van der Waals surface area contributed by atoms with Crippen LogP contribution in [0.5, 0.6) is 0 Å². The van der Waals surface area contributed by atoms with E-state index in [9.17, 15) is 14.8 Å². The van der Waals surface area contributed by atoms with Crippen LogP contribution in [0.25, 0.3) is 33.7 Å². The number of pyridine rings is 2. The number of hydrogen-bond acceptors (Lipinski definition) is 8. The van der Waals surface area contributed by atoms with Crippen LogP contribution in [0.3, 0.4) is 0 Å². The van der Waals surface area contributed by atoms with Gasteiger partial charge in [0.05, 0.1) is 11.3 Å². The fourth-order valence-corrected chi connectivity index (χ4v) is 4.35. The highest BCUT2D eigenvalue weighted by atomic mass is 19.1. The smallest absolute Gasteiger partial charge is 0.161 e. The van der Waals surface area contributed by atoms with Crippen LogP contribution in [-0.2, 0) is 4.74 Å². The molecule has 1 atom stereocenters. The number of nitriles is 1. The molecule has 0 amide bonds. The fourth-order valence-electron chi connectivity index (χ4n) is 4.35. The zero-order valence-electron chi connectivity index (χ0n) is 20.0. The molecule has 36 heavy (non-hydrogen) atoms. The number of halogens is 1. The molecule has 2 N–H and O–H groups in total. The number of furan rings is 1. The highest BCUT2D eigenvalue weighted by Crippen LogP contribution is 2.35. The topological polar surface area (TPSA) is 107 Å². The molecule has 1 unspecified atom stereocenters. The lowest BCUT2D eigenvalue weighted by Crippen LogP contribution is -2.28. The van der Waals surface area contributed by atoms with Crippen molar-refractivity contribution in [3.8, 4) is 28.7 Å². The minimum atomic E-state index is -0.969. The molecule has 8 nitrogen and oxygen atoms in total. The van der Waals surface area contributed by atoms with Crippen molar-refractivity contribution in [1.82, 2.24) is 14.9 Å². The van der Waals surface area contributed by atoms with Crippen molar-refractivity contribution in [3.05, 3.63) is 65.7 Å². The number of aliphatic hydroxyl groups excluding tert-OH is 1. The molecule has 5 rings (SSSR count). The first-order chi connectivity index (χ1) is 17.4. The third kappa shape index (κ3) is 4.66. The number of ether oxygens (including phenoxy) is 1. The van der Waals surface area contributed by atoms with Gasteiger partial charge in [0.2, 0.25) is 0 Å². The van der Waals surface area contributed by atoms with E-state index in [2.05, 4.69) is 21.4 Å². The number of benzene rings is 1. The van der Waals surface area contributed by atoms with Gasteiger partial charge in [0.25, 0.3) is 0 Å². The summed E-state index contributed by atoms with van der Waals surface area (Å²) >= 11 is 0. The normalized spacial score (nSPS) is 15.2. The van der Waals surface area contributed by atoms with Gasteiger partial charge in [-0.2, -0.15) is 5.26 Å². The SMILES string of the molecule is CN(C)C(O)c1cnc(-c2cc3nccc(-c4ccc(NC5CCOCC5)c(C#N)c4)c3o2)c(F)c1. The number of aliphatic hydroxyl groups is 1. The second kappa shape index (κ2) is 10.0. The van der Waals surface area contributed by atoms with Crippen molar-refractivity contribution in [2.45, 2.75) is 25.1 Å². The molecular formula is C27H26FN5O3. The van der Waals surface area contributed by atoms with Crippen molar-refractivity contribution in [1.29, 1.82) is 5.26 Å². The largest absolute Gasteiger partial charge is 0.452 e. The molecule has 4 heterocycles. The third-order valence-electron chi connectivity index (χ3n) is 6.33. The van der Waals surface area contributed by atoms with Crippen molar-refractivity contribution in [2.24, 2.45) is 0 Å². The summed E-state index contributed by atoms with van der Waals surface area (Å²) < 4.78 is 26.4. The molecule has 4 aromatic rings. The Labute approximate surface area is 208 Å². The number of fused-ring (bicyclic) bond motifs is 1. The van der Waals surface area contributed by atoms with Crippen LogP contribution in [0.2, 0.25) is 0 Å². The van der Waals surface area contributed by atoms with Crippen LogP contribution in [0.15, 0.2) is 53.2 Å². The van der Waals surface area contributed by atoms with Gasteiger partial charge < -0.3 is 19.6 Å². The summed E-state index contributed by atoms with van der Waals surface area (Å²) in [6, 6.07) is 12.9. The van der Waals surface area contributed by atoms with E-state index in [4.69, 9.17) is 9.15 Å². The van der Waals surface area contributed by atoms with Gasteiger partial charge in [-0.3, -0.25) is 9.88 Å². The molecule has 1 saturated heterocycles. The van der Waals surface area contributed by atoms with E-state index >= 15 is 0 Å². The number of rotatable bonds is 6. The van der Waals surface area contributed by atoms with E-state index < -0.39 is 12.0 Å². The molecule has 0 aliphatic carbocycles. The standard InChI is InChI=1S/C27H26FN5O3/c1-33(2)27(34)18-12-21(28)25(31-15-18)24-13-23-26(36-24)20(5-8-30-23)16-3-4-22(17(11-16)14-29)32-19-6-9-35-10-7-19/h3-5,8,11-13,15,19,27,32,34H,6-7,9-10H2,1-2H3. The zero-order chi connectivity index (χ0) is 25.2. The van der Waals surface area contributed by atoms with E-state index in [1.807, 2.05) is 18.2 Å². The Morgan fingerprint density at radius 2 is 1.97 bits per heavy atom. The van der Waals surface area contributed by atoms with E-state index in [0.717, 1.165) is 29.7 Å². The van der Waals surface area contributed by atoms with Gasteiger partial charge >= 0.3 is 0 Å². The molecule has 3 aromatic heterocycles. The number of anilines is 1. The molecule has 1 aliphatic rings.